The van der Waals surface area contributed by atoms with E-state index in [0.717, 1.165) is 26.5 Å². The molecule has 21 heavy (non-hydrogen) atoms. The van der Waals surface area contributed by atoms with Gasteiger partial charge in [0.2, 0.25) is 0 Å². The Balaban J connectivity index is 2.44. The minimum Gasteiger partial charge on any atom is -0.508 e. The van der Waals surface area contributed by atoms with Gasteiger partial charge in [-0.1, -0.05) is 32.5 Å². The van der Waals surface area contributed by atoms with Gasteiger partial charge in [0.1, 0.15) is 11.5 Å². The van der Waals surface area contributed by atoms with Crippen molar-refractivity contribution >= 4 is 11.8 Å². The van der Waals surface area contributed by atoms with Crippen LogP contribution in [-0.4, -0.2) is 10.2 Å². The zero-order valence-electron chi connectivity index (χ0n) is 13.2. The van der Waals surface area contributed by atoms with Crippen molar-refractivity contribution in [2.24, 2.45) is 0 Å². The van der Waals surface area contributed by atoms with E-state index in [9.17, 15) is 10.2 Å². The summed E-state index contributed by atoms with van der Waals surface area (Å²) in [5.74, 6) is 0.640. The van der Waals surface area contributed by atoms with E-state index in [2.05, 4.69) is 26.8 Å². The van der Waals surface area contributed by atoms with Gasteiger partial charge in [-0.15, -0.1) is 0 Å². The first-order chi connectivity index (χ1) is 9.68. The van der Waals surface area contributed by atoms with Crippen LogP contribution < -0.4 is 0 Å². The van der Waals surface area contributed by atoms with Crippen LogP contribution in [0.25, 0.3) is 0 Å². The van der Waals surface area contributed by atoms with Crippen molar-refractivity contribution in [1.82, 2.24) is 0 Å². The fourth-order valence-corrected chi connectivity index (χ4v) is 3.24. The van der Waals surface area contributed by atoms with Crippen molar-refractivity contribution < 1.29 is 10.2 Å². The van der Waals surface area contributed by atoms with Gasteiger partial charge >= 0.3 is 0 Å². The third-order valence-corrected chi connectivity index (χ3v) is 4.82. The Morgan fingerprint density at radius 2 is 1.48 bits per heavy atom. The van der Waals surface area contributed by atoms with Gasteiger partial charge in [0, 0.05) is 15.4 Å². The summed E-state index contributed by atoms with van der Waals surface area (Å²) in [5, 5.41) is 19.7. The number of hydrogen-bond donors (Lipinski definition) is 2. The van der Waals surface area contributed by atoms with Crippen LogP contribution in [0.2, 0.25) is 0 Å². The van der Waals surface area contributed by atoms with E-state index < -0.39 is 0 Å². The summed E-state index contributed by atoms with van der Waals surface area (Å²) in [6.45, 7) is 10.3. The van der Waals surface area contributed by atoms with Gasteiger partial charge in [-0.3, -0.25) is 0 Å². The fraction of sp³-hybridized carbons (Fsp3) is 0.333. The Morgan fingerprint density at radius 1 is 0.857 bits per heavy atom. The maximum absolute atomic E-state index is 10.2. The second-order valence-corrected chi connectivity index (χ2v) is 7.52. The standard InChI is InChI=1S/C18H22O2S/c1-11-8-13(19)6-7-16(11)21-17-10-14(18(3,4)5)15(20)9-12(17)2/h6-10,19-20H,1-5H3. The van der Waals surface area contributed by atoms with Crippen LogP contribution in [0.4, 0.5) is 0 Å². The maximum Gasteiger partial charge on any atom is 0.119 e. The molecule has 0 aliphatic rings. The van der Waals surface area contributed by atoms with Crippen molar-refractivity contribution in [1.29, 1.82) is 0 Å². The van der Waals surface area contributed by atoms with E-state index in [-0.39, 0.29) is 11.2 Å². The van der Waals surface area contributed by atoms with Crippen LogP contribution in [0, 0.1) is 13.8 Å². The number of hydrogen-bond acceptors (Lipinski definition) is 3. The molecule has 0 saturated heterocycles. The average molecular weight is 302 g/mol. The Morgan fingerprint density at radius 3 is 2.05 bits per heavy atom. The Kier molecular flexibility index (Phi) is 4.24. The predicted octanol–water partition coefficient (Wildman–Crippen LogP) is 5.16. The quantitative estimate of drug-likeness (QED) is 0.804. The van der Waals surface area contributed by atoms with E-state index in [1.54, 1.807) is 23.9 Å². The van der Waals surface area contributed by atoms with E-state index in [1.165, 1.54) is 0 Å². The molecule has 0 aromatic heterocycles. The molecule has 0 aliphatic heterocycles. The molecule has 0 fully saturated rings. The molecule has 0 spiro atoms. The third kappa shape index (κ3) is 3.53. The van der Waals surface area contributed by atoms with Gasteiger partial charge in [0.25, 0.3) is 0 Å². The summed E-state index contributed by atoms with van der Waals surface area (Å²) >= 11 is 1.67. The zero-order chi connectivity index (χ0) is 15.8. The zero-order valence-corrected chi connectivity index (χ0v) is 14.0. The minimum atomic E-state index is -0.100. The van der Waals surface area contributed by atoms with Crippen molar-refractivity contribution in [3.63, 3.8) is 0 Å². The molecule has 0 unspecified atom stereocenters. The van der Waals surface area contributed by atoms with Crippen LogP contribution in [-0.2, 0) is 5.41 Å². The summed E-state index contributed by atoms with van der Waals surface area (Å²) in [4.78, 5) is 2.24. The first-order valence-electron chi connectivity index (χ1n) is 7.00. The predicted molar refractivity (Wildman–Crippen MR) is 88.5 cm³/mol. The average Bonchev–Trinajstić information content (AvgIpc) is 2.33. The van der Waals surface area contributed by atoms with Crippen molar-refractivity contribution in [2.45, 2.75) is 49.8 Å². The molecule has 0 radical (unpaired) electrons. The second-order valence-electron chi connectivity index (χ2n) is 6.44. The highest BCUT2D eigenvalue weighted by Crippen LogP contribution is 2.39. The second kappa shape index (κ2) is 5.64. The van der Waals surface area contributed by atoms with E-state index in [1.807, 2.05) is 26.0 Å². The molecular formula is C18H22O2S. The third-order valence-electron chi connectivity index (χ3n) is 3.48. The number of aromatic hydroxyl groups is 2. The molecule has 0 saturated carbocycles. The Hall–Kier alpha value is -1.61. The molecular weight excluding hydrogens is 280 g/mol. The summed E-state index contributed by atoms with van der Waals surface area (Å²) in [7, 11) is 0. The Bertz CT molecular complexity index is 670. The van der Waals surface area contributed by atoms with Crippen molar-refractivity contribution in [3.8, 4) is 11.5 Å². The van der Waals surface area contributed by atoms with Crippen LogP contribution >= 0.6 is 11.8 Å². The highest BCUT2D eigenvalue weighted by atomic mass is 32.2. The molecule has 3 heteroatoms. The lowest BCUT2D eigenvalue weighted by Gasteiger charge is -2.22. The Labute approximate surface area is 130 Å². The van der Waals surface area contributed by atoms with E-state index >= 15 is 0 Å². The first kappa shape index (κ1) is 15.8. The lowest BCUT2D eigenvalue weighted by atomic mass is 9.86. The molecule has 0 heterocycles. The summed E-state index contributed by atoms with van der Waals surface area (Å²) in [6.07, 6.45) is 0. The van der Waals surface area contributed by atoms with Crippen molar-refractivity contribution in [2.75, 3.05) is 0 Å². The molecule has 2 N–H and O–H groups in total. The number of phenolic OH excluding ortho intramolecular Hbond substituents is 2. The summed E-state index contributed by atoms with van der Waals surface area (Å²) < 4.78 is 0. The smallest absolute Gasteiger partial charge is 0.119 e. The van der Waals surface area contributed by atoms with E-state index in [4.69, 9.17) is 0 Å². The van der Waals surface area contributed by atoms with Gasteiger partial charge in [-0.25, -0.2) is 0 Å². The topological polar surface area (TPSA) is 40.5 Å². The molecule has 0 atom stereocenters. The largest absolute Gasteiger partial charge is 0.508 e. The normalized spacial score (nSPS) is 11.7. The molecule has 0 bridgehead atoms. The van der Waals surface area contributed by atoms with E-state index in [0.29, 0.717) is 5.75 Å². The molecule has 2 aromatic carbocycles. The van der Waals surface area contributed by atoms with Gasteiger partial charge in [0.15, 0.2) is 0 Å². The molecule has 0 amide bonds. The van der Waals surface area contributed by atoms with Gasteiger partial charge < -0.3 is 10.2 Å². The van der Waals surface area contributed by atoms with Gasteiger partial charge in [-0.05, 0) is 60.7 Å². The maximum atomic E-state index is 10.2. The molecule has 112 valence electrons. The number of rotatable bonds is 2. The van der Waals surface area contributed by atoms with Crippen LogP contribution in [0.15, 0.2) is 40.1 Å². The number of aryl methyl sites for hydroxylation is 2. The molecule has 2 aromatic rings. The molecule has 2 rings (SSSR count). The van der Waals surface area contributed by atoms with Gasteiger partial charge in [-0.2, -0.15) is 0 Å². The lowest BCUT2D eigenvalue weighted by Crippen LogP contribution is -2.11. The highest BCUT2D eigenvalue weighted by Gasteiger charge is 2.20. The fourth-order valence-electron chi connectivity index (χ4n) is 2.25. The SMILES string of the molecule is Cc1cc(O)ccc1Sc1cc(C(C)(C)C)c(O)cc1C. The van der Waals surface area contributed by atoms with Gasteiger partial charge in [0.05, 0.1) is 0 Å². The van der Waals surface area contributed by atoms with Crippen LogP contribution in [0.5, 0.6) is 11.5 Å². The molecule has 2 nitrogen and oxygen atoms in total. The van der Waals surface area contributed by atoms with Crippen LogP contribution in [0.1, 0.15) is 37.5 Å². The summed E-state index contributed by atoms with van der Waals surface area (Å²) in [6, 6.07) is 9.30. The summed E-state index contributed by atoms with van der Waals surface area (Å²) in [5.41, 5.74) is 2.95. The minimum absolute atomic E-state index is 0.100. The highest BCUT2D eigenvalue weighted by molar-refractivity contribution is 7.99. The molecule has 0 aliphatic carbocycles. The van der Waals surface area contributed by atoms with Crippen molar-refractivity contribution in [3.05, 3.63) is 47.0 Å². The monoisotopic (exact) mass is 302 g/mol. The van der Waals surface area contributed by atoms with Crippen LogP contribution in [0.3, 0.4) is 0 Å². The number of benzene rings is 2. The lowest BCUT2D eigenvalue weighted by molar-refractivity contribution is 0.445. The first-order valence-corrected chi connectivity index (χ1v) is 7.81. The number of phenols is 2.